The van der Waals surface area contributed by atoms with Gasteiger partial charge >= 0.3 is 0 Å². The molecule has 0 saturated carbocycles. The van der Waals surface area contributed by atoms with Crippen molar-refractivity contribution in [3.8, 4) is 0 Å². The van der Waals surface area contributed by atoms with Gasteiger partial charge in [-0.2, -0.15) is 0 Å². The monoisotopic (exact) mass is 171 g/mol. The van der Waals surface area contributed by atoms with Crippen LogP contribution < -0.4 is 0 Å². The van der Waals surface area contributed by atoms with Gasteiger partial charge in [0.25, 0.3) is 0 Å². The quantitative estimate of drug-likeness (QED) is 0.508. The Morgan fingerprint density at radius 1 is 1.08 bits per heavy atom. The lowest BCUT2D eigenvalue weighted by molar-refractivity contribution is 0.133. The van der Waals surface area contributed by atoms with Crippen molar-refractivity contribution in [3.63, 3.8) is 0 Å². The van der Waals surface area contributed by atoms with Gasteiger partial charge < -0.3 is 4.74 Å². The minimum atomic E-state index is 0.824. The van der Waals surface area contributed by atoms with Crippen molar-refractivity contribution in [2.24, 2.45) is 5.92 Å². The number of rotatable bonds is 8. The molecule has 0 fully saturated rings. The van der Waals surface area contributed by atoms with Crippen molar-refractivity contribution in [1.29, 1.82) is 0 Å². The van der Waals surface area contributed by atoms with E-state index in [9.17, 15) is 0 Å². The molecule has 0 atom stereocenters. The smallest absolute Gasteiger partial charge is 0.0466 e. The summed E-state index contributed by atoms with van der Waals surface area (Å²) in [6, 6.07) is 0. The zero-order valence-corrected chi connectivity index (χ0v) is 8.64. The lowest BCUT2D eigenvalue weighted by atomic mass is 10.1. The Kier molecular flexibility index (Phi) is 9.02. The Morgan fingerprint density at radius 2 is 1.83 bits per heavy atom. The topological polar surface area (TPSA) is 9.23 Å². The second-order valence-electron chi connectivity index (χ2n) is 3.71. The van der Waals surface area contributed by atoms with Gasteiger partial charge in [0.2, 0.25) is 0 Å². The molecule has 0 aromatic rings. The number of hydrogen-bond acceptors (Lipinski definition) is 1. The van der Waals surface area contributed by atoms with Crippen LogP contribution in [0.4, 0.5) is 0 Å². The minimum Gasteiger partial charge on any atom is -0.381 e. The Hall–Kier alpha value is -0.0400. The zero-order valence-electron chi connectivity index (χ0n) is 8.64. The Labute approximate surface area is 77.5 Å². The van der Waals surface area contributed by atoms with E-state index in [2.05, 4.69) is 20.8 Å². The fraction of sp³-hybridized carbons (Fsp3) is 0.909. The van der Waals surface area contributed by atoms with Gasteiger partial charge in [0.15, 0.2) is 0 Å². The lowest BCUT2D eigenvalue weighted by Gasteiger charge is -2.04. The third-order valence-electron chi connectivity index (χ3n) is 1.86. The Balaban J connectivity index is 2.82. The molecule has 0 aromatic carbocycles. The maximum atomic E-state index is 5.33. The molecule has 1 nitrogen and oxygen atoms in total. The predicted molar refractivity (Wildman–Crippen MR) is 54.1 cm³/mol. The summed E-state index contributed by atoms with van der Waals surface area (Å²) in [6.45, 7) is 10.0. The highest BCUT2D eigenvalue weighted by atomic mass is 16.5. The highest BCUT2D eigenvalue weighted by Crippen LogP contribution is 2.07. The zero-order chi connectivity index (χ0) is 9.23. The van der Waals surface area contributed by atoms with Crippen LogP contribution in [0.25, 0.3) is 0 Å². The van der Waals surface area contributed by atoms with Crippen LogP contribution in [-0.4, -0.2) is 13.2 Å². The summed E-state index contributed by atoms with van der Waals surface area (Å²) in [6.07, 6.45) is 6.13. The first-order chi connectivity index (χ1) is 5.77. The van der Waals surface area contributed by atoms with Crippen molar-refractivity contribution in [3.05, 3.63) is 6.92 Å². The van der Waals surface area contributed by atoms with E-state index < -0.39 is 0 Å². The third-order valence-corrected chi connectivity index (χ3v) is 1.86. The maximum Gasteiger partial charge on any atom is 0.0466 e. The average Bonchev–Trinajstić information content (AvgIpc) is 2.02. The fourth-order valence-corrected chi connectivity index (χ4v) is 1.14. The van der Waals surface area contributed by atoms with Gasteiger partial charge in [0.1, 0.15) is 0 Å². The standard InChI is InChI=1S/C11H23O/c1-4-9-12-10-7-5-6-8-11(2)3/h11H,1,4-10H2,2-3H3. The van der Waals surface area contributed by atoms with E-state index in [4.69, 9.17) is 4.74 Å². The molecule has 0 aliphatic carbocycles. The molecule has 12 heavy (non-hydrogen) atoms. The second kappa shape index (κ2) is 9.05. The molecule has 0 heterocycles. The molecular weight excluding hydrogens is 148 g/mol. The van der Waals surface area contributed by atoms with Crippen LogP contribution >= 0.6 is 0 Å². The highest BCUT2D eigenvalue weighted by molar-refractivity contribution is 4.47. The summed E-state index contributed by atoms with van der Waals surface area (Å²) in [7, 11) is 0. The van der Waals surface area contributed by atoms with Crippen molar-refractivity contribution in [2.45, 2.75) is 46.0 Å². The molecule has 1 heteroatoms. The van der Waals surface area contributed by atoms with E-state index in [1.165, 1.54) is 25.7 Å². The average molecular weight is 171 g/mol. The Bertz CT molecular complexity index is 79.1. The number of ether oxygens (including phenoxy) is 1. The maximum absolute atomic E-state index is 5.33. The molecule has 0 unspecified atom stereocenters. The summed E-state index contributed by atoms with van der Waals surface area (Å²) in [5.74, 6) is 0.853. The van der Waals surface area contributed by atoms with Gasteiger partial charge in [0.05, 0.1) is 0 Å². The van der Waals surface area contributed by atoms with E-state index in [0.29, 0.717) is 0 Å². The van der Waals surface area contributed by atoms with Crippen LogP contribution in [0, 0.1) is 12.8 Å². The van der Waals surface area contributed by atoms with Crippen molar-refractivity contribution >= 4 is 0 Å². The van der Waals surface area contributed by atoms with Crippen LogP contribution in [0.2, 0.25) is 0 Å². The summed E-state index contributed by atoms with van der Waals surface area (Å²) < 4.78 is 5.33. The first-order valence-corrected chi connectivity index (χ1v) is 5.14. The molecule has 73 valence electrons. The molecule has 0 rings (SSSR count). The van der Waals surface area contributed by atoms with E-state index in [1.54, 1.807) is 0 Å². The summed E-state index contributed by atoms with van der Waals surface area (Å²) in [5, 5.41) is 0. The van der Waals surface area contributed by atoms with Crippen LogP contribution in [0.1, 0.15) is 46.0 Å². The van der Waals surface area contributed by atoms with E-state index >= 15 is 0 Å². The van der Waals surface area contributed by atoms with E-state index in [1.807, 2.05) is 0 Å². The largest absolute Gasteiger partial charge is 0.381 e. The van der Waals surface area contributed by atoms with E-state index in [0.717, 1.165) is 25.6 Å². The van der Waals surface area contributed by atoms with Gasteiger partial charge in [-0.3, -0.25) is 0 Å². The van der Waals surface area contributed by atoms with Crippen molar-refractivity contribution in [2.75, 3.05) is 13.2 Å². The molecule has 0 aliphatic rings. The third kappa shape index (κ3) is 9.96. The van der Waals surface area contributed by atoms with Gasteiger partial charge in [-0.15, -0.1) is 0 Å². The van der Waals surface area contributed by atoms with Crippen LogP contribution in [0.5, 0.6) is 0 Å². The fourth-order valence-electron chi connectivity index (χ4n) is 1.14. The van der Waals surface area contributed by atoms with Crippen molar-refractivity contribution < 1.29 is 4.74 Å². The first kappa shape index (κ1) is 12.0. The summed E-state index contributed by atoms with van der Waals surface area (Å²) in [4.78, 5) is 0. The van der Waals surface area contributed by atoms with Crippen LogP contribution in [0.15, 0.2) is 0 Å². The minimum absolute atomic E-state index is 0.824. The van der Waals surface area contributed by atoms with Gasteiger partial charge in [0, 0.05) is 13.2 Å². The molecule has 0 saturated heterocycles. The lowest BCUT2D eigenvalue weighted by Crippen LogP contribution is -1.96. The van der Waals surface area contributed by atoms with Crippen molar-refractivity contribution in [1.82, 2.24) is 0 Å². The molecule has 0 spiro atoms. The second-order valence-corrected chi connectivity index (χ2v) is 3.71. The SMILES string of the molecule is [CH2]CCOCCCCCC(C)C. The first-order valence-electron chi connectivity index (χ1n) is 5.14. The normalized spacial score (nSPS) is 11.0. The molecule has 0 aliphatic heterocycles. The molecule has 0 amide bonds. The Morgan fingerprint density at radius 3 is 2.42 bits per heavy atom. The number of hydrogen-bond donors (Lipinski definition) is 0. The summed E-state index contributed by atoms with van der Waals surface area (Å²) >= 11 is 0. The molecule has 0 aromatic heterocycles. The highest BCUT2D eigenvalue weighted by Gasteiger charge is 1.93. The van der Waals surface area contributed by atoms with Gasteiger partial charge in [-0.1, -0.05) is 40.0 Å². The molecule has 0 N–H and O–H groups in total. The van der Waals surface area contributed by atoms with Crippen LogP contribution in [0.3, 0.4) is 0 Å². The van der Waals surface area contributed by atoms with E-state index in [-0.39, 0.29) is 0 Å². The molecule has 0 bridgehead atoms. The van der Waals surface area contributed by atoms with Gasteiger partial charge in [-0.05, 0) is 18.8 Å². The summed E-state index contributed by atoms with van der Waals surface area (Å²) in [5.41, 5.74) is 0. The van der Waals surface area contributed by atoms with Crippen LogP contribution in [-0.2, 0) is 4.74 Å². The number of unbranched alkanes of at least 4 members (excludes halogenated alkanes) is 2. The molecule has 1 radical (unpaired) electrons. The predicted octanol–water partition coefficient (Wildman–Crippen LogP) is 3.44. The molecular formula is C11H23O. The van der Waals surface area contributed by atoms with Gasteiger partial charge in [-0.25, -0.2) is 0 Å².